The van der Waals surface area contributed by atoms with Crippen molar-refractivity contribution in [2.75, 3.05) is 26.7 Å². The van der Waals surface area contributed by atoms with Gasteiger partial charge in [-0.15, -0.1) is 23.7 Å². The molecule has 0 radical (unpaired) electrons. The molecule has 1 aliphatic heterocycles. The summed E-state index contributed by atoms with van der Waals surface area (Å²) in [5.41, 5.74) is 0. The first-order chi connectivity index (χ1) is 7.74. The molecule has 5 heteroatoms. The van der Waals surface area contributed by atoms with E-state index in [1.165, 1.54) is 41.1 Å². The summed E-state index contributed by atoms with van der Waals surface area (Å²) in [6.45, 7) is 4.71. The molecule has 0 spiro atoms. The Kier molecular flexibility index (Phi) is 7.04. The van der Waals surface area contributed by atoms with Crippen LogP contribution in [0.1, 0.15) is 17.7 Å². The molecule has 98 valence electrons. The van der Waals surface area contributed by atoms with Gasteiger partial charge in [0, 0.05) is 18.0 Å². The fourth-order valence-electron chi connectivity index (χ4n) is 2.27. The van der Waals surface area contributed by atoms with Crippen LogP contribution in [0.2, 0.25) is 0 Å². The summed E-state index contributed by atoms with van der Waals surface area (Å²) < 4.78 is 1.23. The highest BCUT2D eigenvalue weighted by atomic mass is 79.9. The first-order valence-electron chi connectivity index (χ1n) is 5.87. The second-order valence-electron chi connectivity index (χ2n) is 4.60. The second-order valence-corrected chi connectivity index (χ2v) is 7.14. The number of thiophene rings is 1. The number of hydrogen-bond donors (Lipinski definition) is 1. The zero-order valence-electron chi connectivity index (χ0n) is 10.1. The fourth-order valence-corrected chi connectivity index (χ4v) is 3.84. The van der Waals surface area contributed by atoms with E-state index in [0.717, 1.165) is 12.5 Å². The van der Waals surface area contributed by atoms with E-state index in [0.29, 0.717) is 0 Å². The minimum atomic E-state index is 0. The molecule has 1 saturated heterocycles. The number of nitrogens with one attached hydrogen (secondary N) is 1. The van der Waals surface area contributed by atoms with E-state index in [4.69, 9.17) is 0 Å². The zero-order valence-corrected chi connectivity index (χ0v) is 13.3. The summed E-state index contributed by atoms with van der Waals surface area (Å²) in [6.07, 6.45) is 2.66. The summed E-state index contributed by atoms with van der Waals surface area (Å²) >= 11 is 5.35. The SMILES string of the molecule is CN(Cc1ccc(Br)s1)CC1CCNCC1.Cl. The second kappa shape index (κ2) is 7.74. The van der Waals surface area contributed by atoms with Gasteiger partial charge in [0.05, 0.1) is 3.79 Å². The summed E-state index contributed by atoms with van der Waals surface area (Å²) in [6, 6.07) is 4.35. The van der Waals surface area contributed by atoms with Gasteiger partial charge in [-0.1, -0.05) is 0 Å². The first kappa shape index (κ1) is 15.4. The largest absolute Gasteiger partial charge is 0.317 e. The van der Waals surface area contributed by atoms with Crippen LogP contribution in [0.15, 0.2) is 15.9 Å². The van der Waals surface area contributed by atoms with Gasteiger partial charge in [-0.25, -0.2) is 0 Å². The highest BCUT2D eigenvalue weighted by Crippen LogP contribution is 2.23. The van der Waals surface area contributed by atoms with Crippen LogP contribution in [0.3, 0.4) is 0 Å². The quantitative estimate of drug-likeness (QED) is 0.905. The molecule has 1 fully saturated rings. The van der Waals surface area contributed by atoms with Crippen molar-refractivity contribution in [3.63, 3.8) is 0 Å². The Morgan fingerprint density at radius 2 is 2.12 bits per heavy atom. The Hall–Kier alpha value is 0.390. The molecule has 0 amide bonds. The highest BCUT2D eigenvalue weighted by molar-refractivity contribution is 9.11. The topological polar surface area (TPSA) is 15.3 Å². The number of nitrogens with zero attached hydrogens (tertiary/aromatic N) is 1. The van der Waals surface area contributed by atoms with E-state index in [1.807, 2.05) is 11.3 Å². The van der Waals surface area contributed by atoms with Crippen LogP contribution in [-0.2, 0) is 6.54 Å². The van der Waals surface area contributed by atoms with Crippen molar-refractivity contribution in [3.05, 3.63) is 20.8 Å². The molecule has 2 rings (SSSR count). The molecule has 0 saturated carbocycles. The van der Waals surface area contributed by atoms with Crippen LogP contribution in [0.25, 0.3) is 0 Å². The molecule has 0 aromatic carbocycles. The molecule has 0 bridgehead atoms. The number of hydrogen-bond acceptors (Lipinski definition) is 3. The molecule has 2 heterocycles. The molecular weight excluding hydrogens is 320 g/mol. The van der Waals surface area contributed by atoms with Crippen molar-refractivity contribution in [3.8, 4) is 0 Å². The molecule has 1 aromatic rings. The van der Waals surface area contributed by atoms with Gasteiger partial charge in [0.1, 0.15) is 0 Å². The van der Waals surface area contributed by atoms with Crippen molar-refractivity contribution in [1.82, 2.24) is 10.2 Å². The summed E-state index contributed by atoms with van der Waals surface area (Å²) in [5.74, 6) is 0.884. The van der Waals surface area contributed by atoms with Gasteiger partial charge >= 0.3 is 0 Å². The molecule has 0 aliphatic carbocycles. The standard InChI is InChI=1S/C12H19BrN2S.ClH/c1-15(8-10-4-6-14-7-5-10)9-11-2-3-12(13)16-11;/h2-3,10,14H,4-9H2,1H3;1H. The van der Waals surface area contributed by atoms with Gasteiger partial charge in [-0.05, 0) is 67.0 Å². The molecule has 0 unspecified atom stereocenters. The van der Waals surface area contributed by atoms with Crippen molar-refractivity contribution in [2.24, 2.45) is 5.92 Å². The maximum absolute atomic E-state index is 3.51. The van der Waals surface area contributed by atoms with Gasteiger partial charge < -0.3 is 10.2 Å². The average Bonchev–Trinajstić information content (AvgIpc) is 2.65. The Morgan fingerprint density at radius 1 is 1.41 bits per heavy atom. The smallest absolute Gasteiger partial charge is 0.0701 e. The third-order valence-electron chi connectivity index (χ3n) is 3.08. The minimum absolute atomic E-state index is 0. The summed E-state index contributed by atoms with van der Waals surface area (Å²) in [7, 11) is 2.23. The normalized spacial score (nSPS) is 17.1. The Morgan fingerprint density at radius 3 is 2.71 bits per heavy atom. The van der Waals surface area contributed by atoms with Crippen LogP contribution in [0.5, 0.6) is 0 Å². The van der Waals surface area contributed by atoms with E-state index in [-0.39, 0.29) is 12.4 Å². The summed E-state index contributed by atoms with van der Waals surface area (Å²) in [4.78, 5) is 3.90. The van der Waals surface area contributed by atoms with Gasteiger partial charge in [0.15, 0.2) is 0 Å². The van der Waals surface area contributed by atoms with Gasteiger partial charge in [-0.2, -0.15) is 0 Å². The van der Waals surface area contributed by atoms with Crippen molar-refractivity contribution >= 4 is 39.7 Å². The predicted molar refractivity (Wildman–Crippen MR) is 81.2 cm³/mol. The lowest BCUT2D eigenvalue weighted by atomic mass is 9.98. The molecule has 17 heavy (non-hydrogen) atoms. The van der Waals surface area contributed by atoms with Crippen LogP contribution in [0, 0.1) is 5.92 Å². The third-order valence-corrected chi connectivity index (χ3v) is 4.69. The third kappa shape index (κ3) is 5.26. The van der Waals surface area contributed by atoms with Crippen LogP contribution in [0.4, 0.5) is 0 Å². The number of halogens is 2. The summed E-state index contributed by atoms with van der Waals surface area (Å²) in [5, 5.41) is 3.42. The van der Waals surface area contributed by atoms with Crippen LogP contribution >= 0.6 is 39.7 Å². The average molecular weight is 340 g/mol. The molecule has 1 aromatic heterocycles. The van der Waals surface area contributed by atoms with Gasteiger partial charge in [-0.3, -0.25) is 0 Å². The Labute approximate surface area is 122 Å². The first-order valence-corrected chi connectivity index (χ1v) is 7.48. The van der Waals surface area contributed by atoms with Gasteiger partial charge in [0.2, 0.25) is 0 Å². The van der Waals surface area contributed by atoms with Crippen LogP contribution < -0.4 is 5.32 Å². The molecular formula is C12H20BrClN2S. The zero-order chi connectivity index (χ0) is 11.4. The van der Waals surface area contributed by atoms with E-state index >= 15 is 0 Å². The molecule has 0 atom stereocenters. The maximum Gasteiger partial charge on any atom is 0.0701 e. The lowest BCUT2D eigenvalue weighted by Crippen LogP contribution is -2.34. The minimum Gasteiger partial charge on any atom is -0.317 e. The lowest BCUT2D eigenvalue weighted by Gasteiger charge is -2.27. The Bertz CT molecular complexity index is 326. The molecule has 2 nitrogen and oxygen atoms in total. The highest BCUT2D eigenvalue weighted by Gasteiger charge is 2.15. The van der Waals surface area contributed by atoms with Crippen molar-refractivity contribution in [2.45, 2.75) is 19.4 Å². The van der Waals surface area contributed by atoms with E-state index in [1.54, 1.807) is 0 Å². The van der Waals surface area contributed by atoms with Crippen molar-refractivity contribution < 1.29 is 0 Å². The lowest BCUT2D eigenvalue weighted by molar-refractivity contribution is 0.236. The van der Waals surface area contributed by atoms with Gasteiger partial charge in [0.25, 0.3) is 0 Å². The predicted octanol–water partition coefficient (Wildman–Crippen LogP) is 3.36. The Balaban J connectivity index is 0.00000144. The number of rotatable bonds is 4. The molecule has 1 N–H and O–H groups in total. The van der Waals surface area contributed by atoms with Crippen LogP contribution in [-0.4, -0.2) is 31.6 Å². The van der Waals surface area contributed by atoms with E-state index < -0.39 is 0 Å². The monoisotopic (exact) mass is 338 g/mol. The van der Waals surface area contributed by atoms with E-state index in [9.17, 15) is 0 Å². The molecule has 1 aliphatic rings. The van der Waals surface area contributed by atoms with Crippen molar-refractivity contribution in [1.29, 1.82) is 0 Å². The van der Waals surface area contributed by atoms with E-state index in [2.05, 4.69) is 45.3 Å². The maximum atomic E-state index is 3.51. The fraction of sp³-hybridized carbons (Fsp3) is 0.667. The number of piperidine rings is 1.